The molecule has 4 nitrogen and oxygen atoms in total. The second kappa shape index (κ2) is 14.0. The van der Waals surface area contributed by atoms with E-state index >= 15 is 0 Å². The SMILES string of the molecule is CC(C)(C)c1cccc(N2C(=C3N(c4cccc(C(C)(C)C)c4)c4ccccc4N3c3cccc(C(C)(C)C)c3)N(c3cccc(C(C)(C)C)c3)c3ccccc32)c1. The highest BCUT2D eigenvalue weighted by atomic mass is 15.5. The molecule has 2 heterocycles. The van der Waals surface area contributed by atoms with Gasteiger partial charge in [0.1, 0.15) is 0 Å². The lowest BCUT2D eigenvalue weighted by molar-refractivity contribution is 0.590. The van der Waals surface area contributed by atoms with Crippen LogP contribution in [0.25, 0.3) is 0 Å². The van der Waals surface area contributed by atoms with Crippen LogP contribution in [0.2, 0.25) is 0 Å². The highest BCUT2D eigenvalue weighted by Crippen LogP contribution is 2.57. The van der Waals surface area contributed by atoms with E-state index in [4.69, 9.17) is 0 Å². The molecule has 0 atom stereocenters. The molecule has 2 aliphatic rings. The van der Waals surface area contributed by atoms with Crippen molar-refractivity contribution in [3.63, 3.8) is 0 Å². The molecule has 0 radical (unpaired) electrons. The number of benzene rings is 6. The van der Waals surface area contributed by atoms with E-state index in [0.717, 1.165) is 57.1 Å². The first-order valence-electron chi connectivity index (χ1n) is 20.9. The minimum atomic E-state index is -0.0360. The molecular formula is C54H60N4. The Balaban J connectivity index is 1.55. The Bertz CT molecular complexity index is 2180. The van der Waals surface area contributed by atoms with Gasteiger partial charge in [-0.2, -0.15) is 0 Å². The van der Waals surface area contributed by atoms with Gasteiger partial charge in [-0.25, -0.2) is 0 Å². The van der Waals surface area contributed by atoms with Crippen LogP contribution in [0.5, 0.6) is 0 Å². The predicted molar refractivity (Wildman–Crippen MR) is 249 cm³/mol. The monoisotopic (exact) mass is 764 g/mol. The number of hydrogen-bond acceptors (Lipinski definition) is 4. The molecule has 296 valence electrons. The molecule has 4 heteroatoms. The van der Waals surface area contributed by atoms with Crippen LogP contribution in [0, 0.1) is 0 Å². The standard InChI is InChI=1S/C54H60N4/c1-51(2,3)37-21-17-25-41(33-37)55-45-29-13-14-30-46(45)56(42-26-18-22-38(34-42)52(4,5)6)49(55)50-57(43-27-19-23-39(35-43)53(7,8)9)47-31-15-16-32-48(47)58(50)44-28-20-24-40(36-44)54(10,11)12/h13-36H,1-12H3. The van der Waals surface area contributed by atoms with Crippen molar-refractivity contribution < 1.29 is 0 Å². The minimum absolute atomic E-state index is 0.0360. The number of anilines is 8. The number of fused-ring (bicyclic) bond motifs is 2. The Labute approximate surface area is 348 Å². The van der Waals surface area contributed by atoms with Crippen molar-refractivity contribution in [2.24, 2.45) is 0 Å². The van der Waals surface area contributed by atoms with Gasteiger partial charge in [-0.05, 0) is 117 Å². The van der Waals surface area contributed by atoms with Gasteiger partial charge in [-0.3, -0.25) is 19.6 Å². The lowest BCUT2D eigenvalue weighted by atomic mass is 9.86. The van der Waals surface area contributed by atoms with Crippen molar-refractivity contribution in [3.8, 4) is 0 Å². The molecular weight excluding hydrogens is 705 g/mol. The fourth-order valence-electron chi connectivity index (χ4n) is 8.23. The summed E-state index contributed by atoms with van der Waals surface area (Å²) in [7, 11) is 0. The molecule has 2 aliphatic heterocycles. The van der Waals surface area contributed by atoms with E-state index in [1.165, 1.54) is 22.3 Å². The summed E-state index contributed by atoms with van der Waals surface area (Å²) >= 11 is 0. The van der Waals surface area contributed by atoms with Gasteiger partial charge < -0.3 is 0 Å². The average molecular weight is 765 g/mol. The molecule has 0 unspecified atom stereocenters. The van der Waals surface area contributed by atoms with E-state index in [0.29, 0.717) is 0 Å². The van der Waals surface area contributed by atoms with E-state index in [2.05, 4.69) is 248 Å². The van der Waals surface area contributed by atoms with Crippen LogP contribution in [-0.2, 0) is 21.7 Å². The lowest BCUT2D eigenvalue weighted by Crippen LogP contribution is -2.34. The van der Waals surface area contributed by atoms with Gasteiger partial charge in [0, 0.05) is 22.7 Å². The van der Waals surface area contributed by atoms with Gasteiger partial charge in [0.15, 0.2) is 11.6 Å². The van der Waals surface area contributed by atoms with E-state index in [9.17, 15) is 0 Å². The van der Waals surface area contributed by atoms with Crippen molar-refractivity contribution in [1.29, 1.82) is 0 Å². The zero-order valence-corrected chi connectivity index (χ0v) is 36.6. The molecule has 6 aromatic rings. The maximum Gasteiger partial charge on any atom is 0.166 e. The number of nitrogens with zero attached hydrogens (tertiary/aromatic N) is 4. The number of para-hydroxylation sites is 4. The smallest absolute Gasteiger partial charge is 0.166 e. The Morgan fingerprint density at radius 2 is 0.466 bits per heavy atom. The van der Waals surface area contributed by atoms with Crippen molar-refractivity contribution in [2.45, 2.75) is 105 Å². The molecule has 8 rings (SSSR count). The van der Waals surface area contributed by atoms with Crippen LogP contribution in [0.3, 0.4) is 0 Å². The Hall–Kier alpha value is -5.74. The number of rotatable bonds is 4. The van der Waals surface area contributed by atoms with Gasteiger partial charge in [0.2, 0.25) is 0 Å². The molecule has 0 fully saturated rings. The fraction of sp³-hybridized carbons (Fsp3) is 0.296. The molecule has 58 heavy (non-hydrogen) atoms. The second-order valence-electron chi connectivity index (χ2n) is 20.2. The summed E-state index contributed by atoms with van der Waals surface area (Å²) in [6.07, 6.45) is 0. The van der Waals surface area contributed by atoms with E-state index < -0.39 is 0 Å². The van der Waals surface area contributed by atoms with Crippen LogP contribution in [0.4, 0.5) is 45.5 Å². The van der Waals surface area contributed by atoms with Crippen LogP contribution in [0.1, 0.15) is 105 Å². The molecule has 0 saturated carbocycles. The van der Waals surface area contributed by atoms with Gasteiger partial charge in [0.25, 0.3) is 0 Å². The zero-order chi connectivity index (χ0) is 41.4. The summed E-state index contributed by atoms with van der Waals surface area (Å²) in [4.78, 5) is 10.0. The summed E-state index contributed by atoms with van der Waals surface area (Å²) < 4.78 is 0. The second-order valence-corrected chi connectivity index (χ2v) is 20.2. The summed E-state index contributed by atoms with van der Waals surface area (Å²) in [6, 6.07) is 54.5. The predicted octanol–water partition coefficient (Wildman–Crippen LogP) is 15.3. The first kappa shape index (κ1) is 39.1. The Kier molecular flexibility index (Phi) is 9.42. The van der Waals surface area contributed by atoms with E-state index in [1.54, 1.807) is 0 Å². The molecule has 0 amide bonds. The van der Waals surface area contributed by atoms with Crippen molar-refractivity contribution in [3.05, 3.63) is 179 Å². The summed E-state index contributed by atoms with van der Waals surface area (Å²) in [5.41, 5.74) is 14.1. The third-order valence-electron chi connectivity index (χ3n) is 11.7. The minimum Gasteiger partial charge on any atom is -0.291 e. The maximum atomic E-state index is 2.51. The maximum absolute atomic E-state index is 2.51. The highest BCUT2D eigenvalue weighted by molar-refractivity contribution is 6.00. The van der Waals surface area contributed by atoms with Crippen molar-refractivity contribution in [2.75, 3.05) is 19.6 Å². The third-order valence-corrected chi connectivity index (χ3v) is 11.7. The first-order chi connectivity index (χ1) is 27.3. The van der Waals surface area contributed by atoms with E-state index in [-0.39, 0.29) is 21.7 Å². The highest BCUT2D eigenvalue weighted by Gasteiger charge is 2.45. The summed E-state index contributed by atoms with van der Waals surface area (Å²) in [5, 5.41) is 0. The quantitative estimate of drug-likeness (QED) is 0.177. The molecule has 6 aromatic carbocycles. The van der Waals surface area contributed by atoms with Gasteiger partial charge in [-0.15, -0.1) is 0 Å². The summed E-state index contributed by atoms with van der Waals surface area (Å²) in [6.45, 7) is 27.6. The first-order valence-corrected chi connectivity index (χ1v) is 20.9. The van der Waals surface area contributed by atoms with E-state index in [1.807, 2.05) is 0 Å². The molecule has 0 aliphatic carbocycles. The summed E-state index contributed by atoms with van der Waals surface area (Å²) in [5.74, 6) is 2.13. The third kappa shape index (κ3) is 6.97. The fourth-order valence-corrected chi connectivity index (χ4v) is 8.23. The Morgan fingerprint density at radius 3 is 0.655 bits per heavy atom. The van der Waals surface area contributed by atoms with Crippen LogP contribution < -0.4 is 19.6 Å². The topological polar surface area (TPSA) is 13.0 Å². The average Bonchev–Trinajstić information content (AvgIpc) is 3.70. The molecule has 0 aromatic heterocycles. The molecule has 0 spiro atoms. The lowest BCUT2D eigenvalue weighted by Gasteiger charge is -2.35. The van der Waals surface area contributed by atoms with Crippen LogP contribution in [-0.4, -0.2) is 0 Å². The zero-order valence-electron chi connectivity index (χ0n) is 36.6. The normalized spacial score (nSPS) is 14.7. The van der Waals surface area contributed by atoms with Gasteiger partial charge in [-0.1, -0.05) is 156 Å². The molecule has 0 saturated heterocycles. The van der Waals surface area contributed by atoms with Gasteiger partial charge in [0.05, 0.1) is 22.7 Å². The van der Waals surface area contributed by atoms with Crippen molar-refractivity contribution >= 4 is 45.5 Å². The molecule has 0 N–H and O–H groups in total. The largest absolute Gasteiger partial charge is 0.291 e. The Morgan fingerprint density at radius 1 is 0.259 bits per heavy atom. The van der Waals surface area contributed by atoms with Crippen LogP contribution >= 0.6 is 0 Å². The van der Waals surface area contributed by atoms with Crippen LogP contribution in [0.15, 0.2) is 157 Å². The molecule has 0 bridgehead atoms. The number of hydrogen-bond donors (Lipinski definition) is 0. The van der Waals surface area contributed by atoms with Crippen molar-refractivity contribution in [1.82, 2.24) is 0 Å². The van der Waals surface area contributed by atoms with Gasteiger partial charge >= 0.3 is 0 Å².